The summed E-state index contributed by atoms with van der Waals surface area (Å²) in [7, 11) is 0. The van der Waals surface area contributed by atoms with Crippen molar-refractivity contribution in [1.82, 2.24) is 25.9 Å². The molecule has 3 atom stereocenters. The van der Waals surface area contributed by atoms with Crippen LogP contribution < -0.4 is 16.0 Å². The van der Waals surface area contributed by atoms with Gasteiger partial charge in [-0.05, 0) is 12.0 Å². The van der Waals surface area contributed by atoms with E-state index >= 15 is 0 Å². The molecule has 0 aliphatic carbocycles. The van der Waals surface area contributed by atoms with Gasteiger partial charge in [-0.1, -0.05) is 30.3 Å². The predicted molar refractivity (Wildman–Crippen MR) is 115 cm³/mol. The summed E-state index contributed by atoms with van der Waals surface area (Å²) in [6.07, 6.45) is 3.44. The van der Waals surface area contributed by atoms with E-state index in [9.17, 15) is 29.4 Å². The molecule has 3 unspecified atom stereocenters. The fourth-order valence-electron chi connectivity index (χ4n) is 2.92. The zero-order valence-electron chi connectivity index (χ0n) is 17.7. The van der Waals surface area contributed by atoms with Crippen molar-refractivity contribution in [2.24, 2.45) is 0 Å². The Hall–Kier alpha value is -3.77. The van der Waals surface area contributed by atoms with Gasteiger partial charge in [0.1, 0.15) is 18.1 Å². The second-order valence-corrected chi connectivity index (χ2v) is 7.21. The van der Waals surface area contributed by atoms with Gasteiger partial charge >= 0.3 is 5.97 Å². The van der Waals surface area contributed by atoms with Crippen LogP contribution in [-0.4, -0.2) is 80.3 Å². The largest absolute Gasteiger partial charge is 0.480 e. The fraction of sp³-hybridized carbons (Fsp3) is 0.381. The Balaban J connectivity index is 2.04. The van der Waals surface area contributed by atoms with Crippen molar-refractivity contribution in [2.45, 2.75) is 37.4 Å². The third-order valence-electron chi connectivity index (χ3n) is 4.72. The molecule has 3 amide bonds. The molecule has 1 aromatic carbocycles. The number of carbonyl (C=O) groups excluding carboxylic acids is 3. The minimum Gasteiger partial charge on any atom is -0.480 e. The van der Waals surface area contributed by atoms with Crippen molar-refractivity contribution >= 4 is 23.7 Å². The number of imidazole rings is 1. The molecule has 2 aromatic rings. The van der Waals surface area contributed by atoms with Crippen LogP contribution >= 0.6 is 0 Å². The van der Waals surface area contributed by atoms with Crippen molar-refractivity contribution in [3.8, 4) is 0 Å². The minimum absolute atomic E-state index is 0.0160. The van der Waals surface area contributed by atoms with Gasteiger partial charge in [-0.25, -0.2) is 9.78 Å². The molecule has 0 radical (unpaired) electrons. The van der Waals surface area contributed by atoms with Crippen LogP contribution in [0.15, 0.2) is 42.9 Å². The SMILES string of the molecule is O=C(CCc1cnc[nH]1)NC(CO)C(=O)NC(Cc1ccccc1)C(=O)NC(CO)C(=O)O. The normalized spacial score (nSPS) is 13.4. The Morgan fingerprint density at radius 1 is 0.909 bits per heavy atom. The number of carboxylic acid groups (broad SMARTS) is 1. The molecule has 0 saturated carbocycles. The summed E-state index contributed by atoms with van der Waals surface area (Å²) in [6, 6.07) is 4.57. The molecular weight excluding hydrogens is 434 g/mol. The number of nitrogens with zero attached hydrogens (tertiary/aromatic N) is 1. The smallest absolute Gasteiger partial charge is 0.328 e. The monoisotopic (exact) mass is 461 g/mol. The molecule has 1 aromatic heterocycles. The fourth-order valence-corrected chi connectivity index (χ4v) is 2.92. The van der Waals surface area contributed by atoms with Gasteiger partial charge in [0.25, 0.3) is 0 Å². The van der Waals surface area contributed by atoms with Gasteiger partial charge in [0.15, 0.2) is 0 Å². The number of amides is 3. The van der Waals surface area contributed by atoms with E-state index in [0.717, 1.165) is 5.69 Å². The number of H-pyrrole nitrogens is 1. The average molecular weight is 461 g/mol. The van der Waals surface area contributed by atoms with E-state index in [-0.39, 0.29) is 12.8 Å². The Kier molecular flexibility index (Phi) is 9.99. The van der Waals surface area contributed by atoms with E-state index in [1.807, 2.05) is 0 Å². The maximum absolute atomic E-state index is 12.7. The van der Waals surface area contributed by atoms with Gasteiger partial charge in [0.2, 0.25) is 17.7 Å². The lowest BCUT2D eigenvalue weighted by Crippen LogP contribution is -2.57. The van der Waals surface area contributed by atoms with Crippen LogP contribution in [0.25, 0.3) is 0 Å². The first kappa shape index (κ1) is 25.5. The Bertz CT molecular complexity index is 920. The number of carboxylic acids is 1. The highest BCUT2D eigenvalue weighted by atomic mass is 16.4. The molecule has 7 N–H and O–H groups in total. The molecule has 178 valence electrons. The van der Waals surface area contributed by atoms with E-state index in [1.54, 1.807) is 36.5 Å². The topological polar surface area (TPSA) is 194 Å². The molecule has 0 fully saturated rings. The summed E-state index contributed by atoms with van der Waals surface area (Å²) in [5, 5.41) is 34.8. The number of aliphatic carboxylic acids is 1. The molecule has 1 heterocycles. The lowest BCUT2D eigenvalue weighted by molar-refractivity contribution is -0.143. The molecule has 12 heteroatoms. The number of benzene rings is 1. The number of aryl methyl sites for hydroxylation is 1. The summed E-state index contributed by atoms with van der Waals surface area (Å²) >= 11 is 0. The molecule has 2 rings (SSSR count). The van der Waals surface area contributed by atoms with Gasteiger partial charge in [-0.3, -0.25) is 14.4 Å². The predicted octanol–water partition coefficient (Wildman–Crippen LogP) is -1.89. The quantitative estimate of drug-likeness (QED) is 0.180. The number of rotatable bonds is 13. The molecular formula is C21H27N5O7. The Morgan fingerprint density at radius 2 is 1.55 bits per heavy atom. The first-order valence-corrected chi connectivity index (χ1v) is 10.2. The number of nitrogens with one attached hydrogen (secondary N) is 4. The second-order valence-electron chi connectivity index (χ2n) is 7.21. The molecule has 0 saturated heterocycles. The van der Waals surface area contributed by atoms with Gasteiger partial charge in [-0.2, -0.15) is 0 Å². The van der Waals surface area contributed by atoms with E-state index < -0.39 is 55.0 Å². The average Bonchev–Trinajstić information content (AvgIpc) is 3.33. The van der Waals surface area contributed by atoms with Gasteiger partial charge < -0.3 is 36.3 Å². The lowest BCUT2D eigenvalue weighted by atomic mass is 10.0. The molecule has 0 aliphatic heterocycles. The van der Waals surface area contributed by atoms with Gasteiger partial charge in [-0.15, -0.1) is 0 Å². The highest BCUT2D eigenvalue weighted by Gasteiger charge is 2.29. The summed E-state index contributed by atoms with van der Waals surface area (Å²) in [6.45, 7) is -1.55. The minimum atomic E-state index is -1.55. The van der Waals surface area contributed by atoms with Crippen molar-refractivity contribution in [3.05, 3.63) is 54.1 Å². The van der Waals surface area contributed by atoms with E-state index in [4.69, 9.17) is 5.11 Å². The highest BCUT2D eigenvalue weighted by Crippen LogP contribution is 2.05. The van der Waals surface area contributed by atoms with Crippen molar-refractivity contribution in [3.63, 3.8) is 0 Å². The standard InChI is InChI=1S/C21H27N5O7/c27-10-16(24-18(29)7-6-14-9-22-12-23-14)20(31)25-15(8-13-4-2-1-3-5-13)19(30)26-17(11-28)21(32)33/h1-5,9,12,15-17,27-28H,6-8,10-11H2,(H,22,23)(H,24,29)(H,25,31)(H,26,30)(H,32,33). The van der Waals surface area contributed by atoms with E-state index in [2.05, 4.69) is 25.9 Å². The number of carbonyl (C=O) groups is 4. The zero-order valence-corrected chi connectivity index (χ0v) is 17.7. The third-order valence-corrected chi connectivity index (χ3v) is 4.72. The molecule has 0 spiro atoms. The summed E-state index contributed by atoms with van der Waals surface area (Å²) in [5.74, 6) is -3.59. The van der Waals surface area contributed by atoms with Gasteiger partial charge in [0, 0.05) is 24.7 Å². The van der Waals surface area contributed by atoms with Crippen LogP contribution in [0, 0.1) is 0 Å². The second kappa shape index (κ2) is 12.9. The summed E-state index contributed by atoms with van der Waals surface area (Å²) < 4.78 is 0. The first-order valence-electron chi connectivity index (χ1n) is 10.2. The van der Waals surface area contributed by atoms with Crippen LogP contribution in [0.1, 0.15) is 17.7 Å². The highest BCUT2D eigenvalue weighted by molar-refractivity contribution is 5.93. The van der Waals surface area contributed by atoms with Crippen molar-refractivity contribution in [2.75, 3.05) is 13.2 Å². The first-order chi connectivity index (χ1) is 15.8. The molecule has 33 heavy (non-hydrogen) atoms. The van der Waals surface area contributed by atoms with Crippen LogP contribution in [0.5, 0.6) is 0 Å². The molecule has 0 bridgehead atoms. The number of aromatic amines is 1. The van der Waals surface area contributed by atoms with E-state index in [0.29, 0.717) is 12.0 Å². The van der Waals surface area contributed by atoms with Crippen LogP contribution in [0.3, 0.4) is 0 Å². The van der Waals surface area contributed by atoms with Crippen LogP contribution in [-0.2, 0) is 32.0 Å². The number of hydrogen-bond acceptors (Lipinski definition) is 7. The van der Waals surface area contributed by atoms with Crippen LogP contribution in [0.4, 0.5) is 0 Å². The zero-order chi connectivity index (χ0) is 24.2. The Labute approximate surface area is 189 Å². The number of aliphatic hydroxyl groups is 2. The number of aliphatic hydroxyl groups excluding tert-OH is 2. The van der Waals surface area contributed by atoms with E-state index in [1.165, 1.54) is 6.33 Å². The maximum atomic E-state index is 12.7. The van der Waals surface area contributed by atoms with Crippen molar-refractivity contribution < 1.29 is 34.5 Å². The summed E-state index contributed by atoms with van der Waals surface area (Å²) in [5.41, 5.74) is 1.41. The Morgan fingerprint density at radius 3 is 2.12 bits per heavy atom. The number of aromatic nitrogens is 2. The maximum Gasteiger partial charge on any atom is 0.328 e. The third kappa shape index (κ3) is 8.35. The molecule has 12 nitrogen and oxygen atoms in total. The van der Waals surface area contributed by atoms with Gasteiger partial charge in [0.05, 0.1) is 19.5 Å². The molecule has 0 aliphatic rings. The number of hydrogen-bond donors (Lipinski definition) is 7. The van der Waals surface area contributed by atoms with Crippen LogP contribution in [0.2, 0.25) is 0 Å². The van der Waals surface area contributed by atoms with Crippen molar-refractivity contribution in [1.29, 1.82) is 0 Å². The lowest BCUT2D eigenvalue weighted by Gasteiger charge is -2.23. The summed E-state index contributed by atoms with van der Waals surface area (Å²) in [4.78, 5) is 55.4.